The maximum absolute atomic E-state index is 12.0. The van der Waals surface area contributed by atoms with E-state index in [1.165, 1.54) is 16.8 Å². The molecule has 7 nitrogen and oxygen atoms in total. The van der Waals surface area contributed by atoms with E-state index >= 15 is 0 Å². The van der Waals surface area contributed by atoms with Crippen molar-refractivity contribution in [2.24, 2.45) is 0 Å². The summed E-state index contributed by atoms with van der Waals surface area (Å²) in [6.45, 7) is 10.2. The average Bonchev–Trinajstić information content (AvgIpc) is 2.76. The highest BCUT2D eigenvalue weighted by molar-refractivity contribution is 6.83. The summed E-state index contributed by atoms with van der Waals surface area (Å²) >= 11 is 0. The average molecular weight is 341 g/mol. The lowest BCUT2D eigenvalue weighted by atomic mass is 10.1. The zero-order valence-electron chi connectivity index (χ0n) is 14.4. The molecule has 8 heteroatoms. The molecule has 2 heterocycles. The Morgan fingerprint density at radius 2 is 2.13 bits per heavy atom. The molecule has 1 aromatic rings. The van der Waals surface area contributed by atoms with Gasteiger partial charge in [0.05, 0.1) is 19.9 Å². The number of ether oxygens (including phenoxy) is 1. The Hall–Kier alpha value is -1.22. The Labute approximate surface area is 137 Å². The van der Waals surface area contributed by atoms with Crippen LogP contribution in [0.1, 0.15) is 33.4 Å². The monoisotopic (exact) mass is 341 g/mol. The lowest BCUT2D eigenvalue weighted by Gasteiger charge is -2.49. The summed E-state index contributed by atoms with van der Waals surface area (Å²) in [4.78, 5) is 15.7. The second kappa shape index (κ2) is 5.69. The van der Waals surface area contributed by atoms with E-state index in [0.29, 0.717) is 0 Å². The third-order valence-electron chi connectivity index (χ3n) is 5.62. The number of hydrogen-bond acceptors (Lipinski definition) is 6. The first kappa shape index (κ1) is 18.1. The molecule has 0 radical (unpaired) electrons. The van der Waals surface area contributed by atoms with Gasteiger partial charge in [-0.05, 0) is 11.1 Å². The molecule has 23 heavy (non-hydrogen) atoms. The molecule has 2 rings (SSSR count). The van der Waals surface area contributed by atoms with Crippen LogP contribution in [0.15, 0.2) is 17.1 Å². The quantitative estimate of drug-likeness (QED) is 0.704. The van der Waals surface area contributed by atoms with Crippen molar-refractivity contribution in [3.05, 3.63) is 22.7 Å². The van der Waals surface area contributed by atoms with Crippen LogP contribution in [0.25, 0.3) is 0 Å². The van der Waals surface area contributed by atoms with Gasteiger partial charge >= 0.3 is 5.69 Å². The molecule has 0 unspecified atom stereocenters. The van der Waals surface area contributed by atoms with E-state index in [0.717, 1.165) is 0 Å². The van der Waals surface area contributed by atoms with E-state index < -0.39 is 31.3 Å². The normalized spacial score (nSPS) is 29.0. The van der Waals surface area contributed by atoms with Crippen molar-refractivity contribution < 1.29 is 14.9 Å². The smallest absolute Gasteiger partial charge is 0.351 e. The Morgan fingerprint density at radius 1 is 1.52 bits per heavy atom. The van der Waals surface area contributed by atoms with Gasteiger partial charge in [0, 0.05) is 12.6 Å². The summed E-state index contributed by atoms with van der Waals surface area (Å²) < 4.78 is 7.15. The van der Waals surface area contributed by atoms with Crippen LogP contribution in [0.3, 0.4) is 0 Å². The van der Waals surface area contributed by atoms with Crippen LogP contribution in [-0.2, 0) is 4.74 Å². The largest absolute Gasteiger partial charge is 0.394 e. The van der Waals surface area contributed by atoms with Crippen molar-refractivity contribution in [2.75, 3.05) is 12.3 Å². The van der Waals surface area contributed by atoms with Gasteiger partial charge in [0.2, 0.25) is 0 Å². The van der Waals surface area contributed by atoms with Gasteiger partial charge in [-0.25, -0.2) is 4.79 Å². The van der Waals surface area contributed by atoms with Crippen LogP contribution in [0.5, 0.6) is 0 Å². The second-order valence-corrected chi connectivity index (χ2v) is 13.4. The highest BCUT2D eigenvalue weighted by Crippen LogP contribution is 2.51. The van der Waals surface area contributed by atoms with Crippen molar-refractivity contribution in [2.45, 2.75) is 62.9 Å². The van der Waals surface area contributed by atoms with Gasteiger partial charge in [0.25, 0.3) is 0 Å². The molecule has 130 valence electrons. The minimum atomic E-state index is -2.27. The van der Waals surface area contributed by atoms with Crippen molar-refractivity contribution in [1.82, 2.24) is 9.55 Å². The minimum absolute atomic E-state index is 0.0995. The molecule has 0 spiro atoms. The highest BCUT2D eigenvalue weighted by atomic mass is 28.3. The number of nitrogens with zero attached hydrogens (tertiary/aromatic N) is 2. The number of nitrogens with two attached hydrogens (primary N) is 1. The van der Waals surface area contributed by atoms with Crippen LogP contribution in [0.2, 0.25) is 18.1 Å². The lowest BCUT2D eigenvalue weighted by Crippen LogP contribution is -2.64. The van der Waals surface area contributed by atoms with Crippen molar-refractivity contribution in [3.8, 4) is 0 Å². The predicted molar refractivity (Wildman–Crippen MR) is 90.7 cm³/mol. The van der Waals surface area contributed by atoms with E-state index in [1.807, 2.05) is 0 Å². The Kier molecular flexibility index (Phi) is 4.49. The summed E-state index contributed by atoms with van der Waals surface area (Å²) in [6.07, 6.45) is 0.381. The van der Waals surface area contributed by atoms with Gasteiger partial charge in [-0.1, -0.05) is 33.9 Å². The maximum atomic E-state index is 12.0. The fourth-order valence-electron chi connectivity index (χ4n) is 3.06. The van der Waals surface area contributed by atoms with Crippen LogP contribution >= 0.6 is 0 Å². The van der Waals surface area contributed by atoms with Gasteiger partial charge in [0.15, 0.2) is 0 Å². The molecule has 0 bridgehead atoms. The van der Waals surface area contributed by atoms with Crippen LogP contribution < -0.4 is 11.4 Å². The minimum Gasteiger partial charge on any atom is -0.394 e. The molecule has 1 aliphatic rings. The van der Waals surface area contributed by atoms with Gasteiger partial charge in [-0.15, -0.1) is 0 Å². The predicted octanol–water partition coefficient (Wildman–Crippen LogP) is 0.884. The third kappa shape index (κ3) is 2.84. The summed E-state index contributed by atoms with van der Waals surface area (Å²) in [5.74, 6) is 0.141. The van der Waals surface area contributed by atoms with Gasteiger partial charge in [0.1, 0.15) is 18.1 Å². The molecule has 0 aromatic carbocycles. The van der Waals surface area contributed by atoms with Crippen LogP contribution in [0, 0.1) is 0 Å². The summed E-state index contributed by atoms with van der Waals surface area (Å²) in [6, 6.07) is 1.52. The number of aliphatic hydroxyl groups excluding tert-OH is 1. The Bertz CT molecular complexity index is 640. The molecule has 0 amide bonds. The molecule has 1 aliphatic heterocycles. The maximum Gasteiger partial charge on any atom is 0.351 e. The zero-order valence-corrected chi connectivity index (χ0v) is 15.4. The number of hydrogen-bond donors (Lipinski definition) is 3. The van der Waals surface area contributed by atoms with Crippen molar-refractivity contribution in [1.29, 1.82) is 0 Å². The fraction of sp³-hybridized carbons (Fsp3) is 0.733. The van der Waals surface area contributed by atoms with Gasteiger partial charge in [-0.3, -0.25) is 4.57 Å². The molecular weight excluding hydrogens is 314 g/mol. The molecule has 0 saturated carbocycles. The number of rotatable bonds is 3. The van der Waals surface area contributed by atoms with Crippen molar-refractivity contribution >= 4 is 13.9 Å². The Balaban J connectivity index is 2.43. The fourth-order valence-corrected chi connectivity index (χ4v) is 6.01. The van der Waals surface area contributed by atoms with E-state index in [-0.39, 0.29) is 23.9 Å². The second-order valence-electron chi connectivity index (χ2n) is 7.81. The molecular formula is C15H27N3O4Si. The van der Waals surface area contributed by atoms with Gasteiger partial charge in [-0.2, -0.15) is 4.98 Å². The molecule has 1 saturated heterocycles. The molecule has 4 N–H and O–H groups in total. The lowest BCUT2D eigenvalue weighted by molar-refractivity contribution is -0.0596. The first-order valence-electron chi connectivity index (χ1n) is 7.77. The first-order chi connectivity index (χ1) is 10.4. The molecule has 1 fully saturated rings. The molecule has 1 aromatic heterocycles. The van der Waals surface area contributed by atoms with E-state index in [9.17, 15) is 15.0 Å². The number of nitrogen functional groups attached to an aromatic ring is 1. The first-order valence-corrected chi connectivity index (χ1v) is 10.8. The zero-order chi connectivity index (χ0) is 17.6. The van der Waals surface area contributed by atoms with Crippen molar-refractivity contribution in [3.63, 3.8) is 0 Å². The summed E-state index contributed by atoms with van der Waals surface area (Å²) in [7, 11) is -2.27. The third-order valence-corrected chi connectivity index (χ3v) is 12.1. The molecule has 3 atom stereocenters. The standard InChI is InChI=1S/C15H27N3O4Si/c1-14(2,3)23(4,5)15(21)8-12(22-10(15)9-19)18-7-6-11(16)17-13(18)20/h6-7,10,12,19,21H,8-9H2,1-5H3,(H2,16,17,20)/t10-,12-,15-/m1/s1. The van der Waals surface area contributed by atoms with Crippen LogP contribution in [0.4, 0.5) is 5.82 Å². The number of aromatic nitrogens is 2. The highest BCUT2D eigenvalue weighted by Gasteiger charge is 2.61. The Morgan fingerprint density at radius 3 is 2.61 bits per heavy atom. The summed E-state index contributed by atoms with van der Waals surface area (Å²) in [5, 5.41) is 19.9. The van der Waals surface area contributed by atoms with E-state index in [4.69, 9.17) is 10.5 Å². The van der Waals surface area contributed by atoms with E-state index in [2.05, 4.69) is 38.8 Å². The SMILES string of the molecule is CC(C)(C)[Si](C)(C)[C@]1(O)C[C@H](n2ccc(N)nc2=O)O[C@@H]1CO. The summed E-state index contributed by atoms with van der Waals surface area (Å²) in [5.41, 5.74) is 4.99. The van der Waals surface area contributed by atoms with Crippen LogP contribution in [-0.4, -0.2) is 45.8 Å². The topological polar surface area (TPSA) is 111 Å². The number of anilines is 1. The van der Waals surface area contributed by atoms with Gasteiger partial charge < -0.3 is 20.7 Å². The number of aliphatic hydroxyl groups is 2. The molecule has 0 aliphatic carbocycles. The van der Waals surface area contributed by atoms with E-state index in [1.54, 1.807) is 0 Å².